The number of urea groups is 1. The fraction of sp³-hybridized carbons (Fsp3) is 0.400. The van der Waals surface area contributed by atoms with Crippen molar-refractivity contribution in [3.63, 3.8) is 0 Å². The minimum atomic E-state index is -0.0947. The average molecular weight is 479 g/mol. The number of carbonyl (C=O) groups excluding carboxylic acids is 1. The van der Waals surface area contributed by atoms with E-state index >= 15 is 0 Å². The van der Waals surface area contributed by atoms with Crippen LogP contribution in [0.25, 0.3) is 10.9 Å². The van der Waals surface area contributed by atoms with Crippen LogP contribution in [0.15, 0.2) is 42.7 Å². The molecule has 184 valence electrons. The minimum Gasteiger partial charge on any atom is -0.493 e. The summed E-state index contributed by atoms with van der Waals surface area (Å²) < 4.78 is 16.3. The normalized spacial score (nSPS) is 16.3. The van der Waals surface area contributed by atoms with E-state index in [0.29, 0.717) is 37.7 Å². The van der Waals surface area contributed by atoms with E-state index in [1.54, 1.807) is 20.5 Å². The summed E-state index contributed by atoms with van der Waals surface area (Å²) in [6.45, 7) is 5.80. The first-order chi connectivity index (χ1) is 17.2. The Balaban J connectivity index is 1.22. The molecule has 1 aromatic heterocycles. The third-order valence-electron chi connectivity index (χ3n) is 6.48. The van der Waals surface area contributed by atoms with E-state index in [2.05, 4.69) is 25.1 Å². The Morgan fingerprint density at radius 1 is 0.886 bits per heavy atom. The Hall–Kier alpha value is -3.79. The number of fused-ring (bicyclic) bond motifs is 1. The summed E-state index contributed by atoms with van der Waals surface area (Å²) in [5.41, 5.74) is 2.72. The van der Waals surface area contributed by atoms with E-state index in [4.69, 9.17) is 14.2 Å². The van der Waals surface area contributed by atoms with Gasteiger partial charge in [0, 0.05) is 62.1 Å². The molecule has 3 heterocycles. The lowest BCUT2D eigenvalue weighted by Gasteiger charge is -2.35. The van der Waals surface area contributed by atoms with Gasteiger partial charge in [-0.3, -0.25) is 0 Å². The van der Waals surface area contributed by atoms with Gasteiger partial charge in [-0.15, -0.1) is 0 Å². The smallest absolute Gasteiger partial charge is 0.321 e. The highest BCUT2D eigenvalue weighted by atomic mass is 16.5. The fourth-order valence-corrected chi connectivity index (χ4v) is 4.52. The number of nitrogens with one attached hydrogen (secondary N) is 1. The van der Waals surface area contributed by atoms with Crippen molar-refractivity contribution in [1.82, 2.24) is 14.9 Å². The highest BCUT2D eigenvalue weighted by Gasteiger charge is 2.24. The number of hydrogen-bond donors (Lipinski definition) is 1. The third kappa shape index (κ3) is 4.88. The topological polar surface area (TPSA) is 92.3 Å². The summed E-state index contributed by atoms with van der Waals surface area (Å²) in [6.07, 6.45) is 1.56. The van der Waals surface area contributed by atoms with Crippen LogP contribution in [-0.2, 0) is 4.74 Å². The summed E-state index contributed by atoms with van der Waals surface area (Å²) in [6, 6.07) is 11.7. The Morgan fingerprint density at radius 2 is 1.57 bits per heavy atom. The maximum atomic E-state index is 12.9. The summed E-state index contributed by atoms with van der Waals surface area (Å²) >= 11 is 0. The van der Waals surface area contributed by atoms with Gasteiger partial charge in [-0.2, -0.15) is 0 Å². The molecule has 0 unspecified atom stereocenters. The standard InChI is InChI=1S/C25H30N6O4/c1-33-22-15-20-21(16-23(22)34-2)26-17-27-24(20)30-7-9-31(10-8-30)25(32)28-18-3-5-19(6-4-18)29-11-13-35-14-12-29/h3-6,15-17H,7-14H2,1-2H3,(H,28,32). The van der Waals surface area contributed by atoms with Crippen LogP contribution >= 0.6 is 0 Å². The Morgan fingerprint density at radius 3 is 2.26 bits per heavy atom. The van der Waals surface area contributed by atoms with Crippen LogP contribution in [0.4, 0.5) is 22.0 Å². The van der Waals surface area contributed by atoms with Crippen LogP contribution in [0.2, 0.25) is 0 Å². The second-order valence-electron chi connectivity index (χ2n) is 8.47. The number of rotatable bonds is 5. The monoisotopic (exact) mass is 478 g/mol. The van der Waals surface area contributed by atoms with Crippen LogP contribution in [0, 0.1) is 0 Å². The number of benzene rings is 2. The third-order valence-corrected chi connectivity index (χ3v) is 6.48. The molecule has 2 amide bonds. The largest absolute Gasteiger partial charge is 0.493 e. The number of anilines is 3. The number of piperazine rings is 1. The van der Waals surface area contributed by atoms with Gasteiger partial charge >= 0.3 is 6.03 Å². The van der Waals surface area contributed by atoms with E-state index in [9.17, 15) is 4.79 Å². The molecule has 0 atom stereocenters. The summed E-state index contributed by atoms with van der Waals surface area (Å²) in [5.74, 6) is 2.09. The highest BCUT2D eigenvalue weighted by molar-refractivity contribution is 5.92. The molecule has 10 heteroatoms. The molecule has 0 spiro atoms. The second kappa shape index (κ2) is 10.2. The second-order valence-corrected chi connectivity index (χ2v) is 8.47. The van der Waals surface area contributed by atoms with E-state index < -0.39 is 0 Å². The number of ether oxygens (including phenoxy) is 3. The van der Waals surface area contributed by atoms with E-state index in [1.807, 2.05) is 41.3 Å². The first-order valence-electron chi connectivity index (χ1n) is 11.8. The zero-order valence-electron chi connectivity index (χ0n) is 20.1. The Labute approximate surface area is 204 Å². The molecule has 3 aromatic rings. The van der Waals surface area contributed by atoms with E-state index in [1.165, 1.54) is 0 Å². The van der Waals surface area contributed by atoms with Gasteiger partial charge < -0.3 is 34.2 Å². The number of morpholine rings is 1. The molecule has 2 aliphatic rings. The van der Waals surface area contributed by atoms with Gasteiger partial charge in [0.2, 0.25) is 0 Å². The van der Waals surface area contributed by atoms with Crippen LogP contribution in [-0.4, -0.2) is 87.6 Å². The van der Waals surface area contributed by atoms with Gasteiger partial charge in [-0.25, -0.2) is 14.8 Å². The molecule has 2 aromatic carbocycles. The maximum Gasteiger partial charge on any atom is 0.321 e. The molecular weight excluding hydrogens is 448 g/mol. The van der Waals surface area contributed by atoms with Crippen LogP contribution in [0.5, 0.6) is 11.5 Å². The van der Waals surface area contributed by atoms with Gasteiger partial charge in [0.25, 0.3) is 0 Å². The zero-order valence-corrected chi connectivity index (χ0v) is 20.1. The lowest BCUT2D eigenvalue weighted by Crippen LogP contribution is -2.50. The highest BCUT2D eigenvalue weighted by Crippen LogP contribution is 2.35. The van der Waals surface area contributed by atoms with Gasteiger partial charge in [-0.05, 0) is 30.3 Å². The number of aromatic nitrogens is 2. The molecule has 10 nitrogen and oxygen atoms in total. The molecule has 2 fully saturated rings. The van der Waals surface area contributed by atoms with Crippen LogP contribution in [0.3, 0.4) is 0 Å². The first-order valence-corrected chi connectivity index (χ1v) is 11.8. The molecular formula is C25H30N6O4. The van der Waals surface area contributed by atoms with E-state index in [0.717, 1.165) is 54.4 Å². The number of hydrogen-bond acceptors (Lipinski definition) is 8. The SMILES string of the molecule is COc1cc2ncnc(N3CCN(C(=O)Nc4ccc(N5CCOCC5)cc4)CC3)c2cc1OC. The summed E-state index contributed by atoms with van der Waals surface area (Å²) in [5, 5.41) is 3.92. The average Bonchev–Trinajstić information content (AvgIpc) is 2.93. The zero-order chi connectivity index (χ0) is 24.2. The van der Waals surface area contributed by atoms with Gasteiger partial charge in [0.1, 0.15) is 12.1 Å². The maximum absolute atomic E-state index is 12.9. The lowest BCUT2D eigenvalue weighted by atomic mass is 10.2. The summed E-state index contributed by atoms with van der Waals surface area (Å²) in [7, 11) is 3.22. The molecule has 5 rings (SSSR count). The molecule has 35 heavy (non-hydrogen) atoms. The van der Waals surface area contributed by atoms with Gasteiger partial charge in [-0.1, -0.05) is 0 Å². The number of nitrogens with zero attached hydrogens (tertiary/aromatic N) is 5. The Kier molecular flexibility index (Phi) is 6.71. The van der Waals surface area contributed by atoms with Crippen molar-refractivity contribution in [3.05, 3.63) is 42.7 Å². The van der Waals surface area contributed by atoms with Crippen molar-refractivity contribution in [1.29, 1.82) is 0 Å². The van der Waals surface area contributed by atoms with Crippen molar-refractivity contribution in [2.24, 2.45) is 0 Å². The van der Waals surface area contributed by atoms with Crippen molar-refractivity contribution in [2.75, 3.05) is 81.8 Å². The number of methoxy groups -OCH3 is 2. The lowest BCUT2D eigenvalue weighted by molar-refractivity contribution is 0.122. The van der Waals surface area contributed by atoms with Crippen LogP contribution < -0.4 is 24.6 Å². The van der Waals surface area contributed by atoms with Crippen molar-refractivity contribution >= 4 is 34.1 Å². The van der Waals surface area contributed by atoms with Crippen LogP contribution in [0.1, 0.15) is 0 Å². The van der Waals surface area contributed by atoms with Crippen molar-refractivity contribution in [3.8, 4) is 11.5 Å². The predicted octanol–water partition coefficient (Wildman–Crippen LogP) is 2.84. The molecule has 0 radical (unpaired) electrons. The van der Waals surface area contributed by atoms with Crippen molar-refractivity contribution in [2.45, 2.75) is 0 Å². The van der Waals surface area contributed by atoms with Crippen molar-refractivity contribution < 1.29 is 19.0 Å². The molecule has 0 bridgehead atoms. The van der Waals surface area contributed by atoms with Gasteiger partial charge in [0.05, 0.1) is 33.0 Å². The molecule has 2 saturated heterocycles. The quantitative estimate of drug-likeness (QED) is 0.599. The summed E-state index contributed by atoms with van der Waals surface area (Å²) in [4.78, 5) is 28.1. The molecule has 0 aliphatic carbocycles. The first kappa shape index (κ1) is 23.0. The predicted molar refractivity (Wildman–Crippen MR) is 135 cm³/mol. The molecule has 0 saturated carbocycles. The van der Waals surface area contributed by atoms with E-state index in [-0.39, 0.29) is 6.03 Å². The number of amides is 2. The fourth-order valence-electron chi connectivity index (χ4n) is 4.52. The number of carbonyl (C=O) groups is 1. The minimum absolute atomic E-state index is 0.0947. The molecule has 2 aliphatic heterocycles. The van der Waals surface area contributed by atoms with Gasteiger partial charge in [0.15, 0.2) is 11.5 Å². The Bertz CT molecular complexity index is 1170. The molecule has 1 N–H and O–H groups in total.